The van der Waals surface area contributed by atoms with E-state index in [0.717, 1.165) is 14.7 Å². The van der Waals surface area contributed by atoms with Crippen LogP contribution in [0.2, 0.25) is 0 Å². The van der Waals surface area contributed by atoms with Crippen LogP contribution in [0.15, 0.2) is 24.3 Å². The normalized spacial score (nSPS) is 24.6. The molecule has 1 aromatic rings. The van der Waals surface area contributed by atoms with E-state index in [1.807, 2.05) is 0 Å². The molecule has 0 aromatic heterocycles. The van der Waals surface area contributed by atoms with Gasteiger partial charge in [-0.25, -0.2) is 19.4 Å². The van der Waals surface area contributed by atoms with Crippen LogP contribution in [0.5, 0.6) is 0 Å². The van der Waals surface area contributed by atoms with Crippen LogP contribution in [0.3, 0.4) is 0 Å². The first-order valence-electron chi connectivity index (χ1n) is 11.9. The molecule has 2 fully saturated rings. The quantitative estimate of drug-likeness (QED) is 0.314. The van der Waals surface area contributed by atoms with Gasteiger partial charge in [-0.2, -0.15) is 0 Å². The highest BCUT2D eigenvalue weighted by atomic mass is 32.1. The summed E-state index contributed by atoms with van der Waals surface area (Å²) in [5.41, 5.74) is -2.90. The average Bonchev–Trinajstić information content (AvgIpc) is 3.44. The molecule has 0 bridgehead atoms. The molecule has 0 radical (unpaired) electrons. The Hall–Kier alpha value is -3.87. The van der Waals surface area contributed by atoms with Crippen molar-refractivity contribution in [2.45, 2.75) is 51.7 Å². The molecule has 13 heteroatoms. The molecule has 0 saturated carbocycles. The third-order valence-corrected chi connectivity index (χ3v) is 6.97. The third kappa shape index (κ3) is 3.92. The summed E-state index contributed by atoms with van der Waals surface area (Å²) in [6.07, 6.45) is -2.08. The molecule has 3 unspecified atom stereocenters. The van der Waals surface area contributed by atoms with Crippen LogP contribution < -0.4 is 4.90 Å². The zero-order chi connectivity index (χ0) is 28.2. The second-order valence-electron chi connectivity index (χ2n) is 9.92. The van der Waals surface area contributed by atoms with E-state index in [9.17, 15) is 28.8 Å². The van der Waals surface area contributed by atoms with Crippen molar-refractivity contribution >= 4 is 58.8 Å². The van der Waals surface area contributed by atoms with Crippen molar-refractivity contribution in [3.8, 4) is 0 Å². The lowest BCUT2D eigenvalue weighted by Gasteiger charge is -2.30. The van der Waals surface area contributed by atoms with Gasteiger partial charge in [0.05, 0.1) is 18.8 Å². The highest BCUT2D eigenvalue weighted by molar-refractivity contribution is 7.80. The zero-order valence-corrected chi connectivity index (χ0v) is 22.3. The van der Waals surface area contributed by atoms with Gasteiger partial charge in [-0.05, 0) is 39.3 Å². The van der Waals surface area contributed by atoms with Crippen molar-refractivity contribution < 1.29 is 43.0 Å². The van der Waals surface area contributed by atoms with Crippen LogP contribution in [-0.2, 0) is 38.8 Å². The molecule has 1 aromatic carbocycles. The molecule has 12 nitrogen and oxygen atoms in total. The molecule has 0 aliphatic carbocycles. The van der Waals surface area contributed by atoms with Crippen molar-refractivity contribution in [2.75, 3.05) is 24.7 Å². The fourth-order valence-electron chi connectivity index (χ4n) is 5.11. The molecule has 3 heterocycles. The first-order valence-corrected chi connectivity index (χ1v) is 12.4. The molecule has 1 spiro atoms. The predicted molar refractivity (Wildman–Crippen MR) is 134 cm³/mol. The molecular formula is C25H27N3O9S. The van der Waals surface area contributed by atoms with E-state index in [4.69, 9.17) is 26.4 Å². The number of hydrogen-bond donors (Lipinski definition) is 0. The van der Waals surface area contributed by atoms with Gasteiger partial charge in [0, 0.05) is 6.92 Å². The van der Waals surface area contributed by atoms with Crippen LogP contribution in [-0.4, -0.2) is 82.1 Å². The minimum atomic E-state index is -2.15. The van der Waals surface area contributed by atoms with E-state index in [-0.39, 0.29) is 31.0 Å². The Morgan fingerprint density at radius 3 is 2.37 bits per heavy atom. The van der Waals surface area contributed by atoms with E-state index in [0.29, 0.717) is 0 Å². The summed E-state index contributed by atoms with van der Waals surface area (Å²) in [5, 5.41) is 0. The van der Waals surface area contributed by atoms with Crippen LogP contribution in [0.1, 0.15) is 40.2 Å². The maximum Gasteiger partial charge on any atom is 0.416 e. The van der Waals surface area contributed by atoms with Gasteiger partial charge in [0.25, 0.3) is 11.8 Å². The molecule has 5 amide bonds. The summed E-state index contributed by atoms with van der Waals surface area (Å²) in [4.78, 5) is 82.2. The Bertz CT molecular complexity index is 1270. The smallest absolute Gasteiger partial charge is 0.416 e. The van der Waals surface area contributed by atoms with Gasteiger partial charge in [-0.1, -0.05) is 30.4 Å². The van der Waals surface area contributed by atoms with Crippen molar-refractivity contribution in [3.63, 3.8) is 0 Å². The Labute approximate surface area is 223 Å². The second kappa shape index (κ2) is 9.46. The summed E-state index contributed by atoms with van der Waals surface area (Å²) >= 11 is 5.72. The fraction of sp³-hybridized carbons (Fsp3) is 0.480. The van der Waals surface area contributed by atoms with Crippen molar-refractivity contribution in [2.24, 2.45) is 5.92 Å². The van der Waals surface area contributed by atoms with Gasteiger partial charge >= 0.3 is 18.2 Å². The number of para-hydroxylation sites is 1. The maximum atomic E-state index is 14.2. The molecule has 3 aliphatic rings. The summed E-state index contributed by atoms with van der Waals surface area (Å²) in [5.74, 6) is -5.32. The second-order valence-corrected chi connectivity index (χ2v) is 10.3. The molecular weight excluding hydrogens is 518 g/mol. The zero-order valence-electron chi connectivity index (χ0n) is 21.5. The minimum Gasteiger partial charge on any atom is -0.466 e. The van der Waals surface area contributed by atoms with Crippen LogP contribution >= 0.6 is 12.2 Å². The van der Waals surface area contributed by atoms with Gasteiger partial charge in [-0.3, -0.25) is 24.1 Å². The number of ether oxygens (including phenoxy) is 3. The van der Waals surface area contributed by atoms with Gasteiger partial charge in [-0.15, -0.1) is 0 Å². The van der Waals surface area contributed by atoms with E-state index >= 15 is 0 Å². The number of hydrogen-bond acceptors (Lipinski definition) is 10. The van der Waals surface area contributed by atoms with Crippen LogP contribution in [0.25, 0.3) is 0 Å². The summed E-state index contributed by atoms with van der Waals surface area (Å²) < 4.78 is 15.7. The van der Waals surface area contributed by atoms with E-state index < -0.39 is 63.8 Å². The number of likely N-dealkylation sites (tertiary alicyclic amines) is 1. The molecule has 4 rings (SSSR count). The number of anilines is 1. The minimum absolute atomic E-state index is 0.0940. The number of imide groups is 2. The number of amides is 5. The number of carbonyl (C=O) groups excluding carboxylic acids is 6. The molecule has 2 saturated heterocycles. The number of fused-ring (bicyclic) bond motifs is 2. The number of carbonyl (C=O) groups is 6. The largest absolute Gasteiger partial charge is 0.466 e. The van der Waals surface area contributed by atoms with Crippen molar-refractivity contribution in [1.82, 2.24) is 9.80 Å². The Morgan fingerprint density at radius 1 is 1.16 bits per heavy atom. The van der Waals surface area contributed by atoms with Gasteiger partial charge in [0.1, 0.15) is 34.6 Å². The van der Waals surface area contributed by atoms with Crippen LogP contribution in [0.4, 0.5) is 15.3 Å². The van der Waals surface area contributed by atoms with Crippen LogP contribution in [0, 0.1) is 5.92 Å². The lowest BCUT2D eigenvalue weighted by molar-refractivity contribution is -0.155. The first-order chi connectivity index (χ1) is 17.8. The number of benzene rings is 1. The Morgan fingerprint density at radius 2 is 1.82 bits per heavy atom. The van der Waals surface area contributed by atoms with Crippen molar-refractivity contribution in [3.05, 3.63) is 29.8 Å². The summed E-state index contributed by atoms with van der Waals surface area (Å²) in [6.45, 7) is 7.10. The number of esters is 1. The molecule has 0 N–H and O–H groups in total. The van der Waals surface area contributed by atoms with Gasteiger partial charge in [0.2, 0.25) is 5.91 Å². The molecule has 38 heavy (non-hydrogen) atoms. The molecule has 3 aliphatic heterocycles. The average molecular weight is 546 g/mol. The topological polar surface area (TPSA) is 140 Å². The molecule has 202 valence electrons. The number of rotatable bonds is 3. The Kier molecular flexibility index (Phi) is 6.76. The number of thiocarbonyl (C=S) groups is 1. The van der Waals surface area contributed by atoms with Crippen molar-refractivity contribution in [1.29, 1.82) is 0 Å². The predicted octanol–water partition coefficient (Wildman–Crippen LogP) is 1.92. The van der Waals surface area contributed by atoms with Gasteiger partial charge < -0.3 is 14.2 Å². The summed E-state index contributed by atoms with van der Waals surface area (Å²) in [6, 6.07) is 4.36. The first kappa shape index (κ1) is 27.2. The number of cyclic esters (lactones) is 1. The summed E-state index contributed by atoms with van der Waals surface area (Å²) in [7, 11) is 0. The highest BCUT2D eigenvalue weighted by Crippen LogP contribution is 2.54. The lowest BCUT2D eigenvalue weighted by atomic mass is 9.70. The lowest BCUT2D eigenvalue weighted by Crippen LogP contribution is -2.55. The monoisotopic (exact) mass is 545 g/mol. The third-order valence-electron chi connectivity index (χ3n) is 6.45. The van der Waals surface area contributed by atoms with Gasteiger partial charge in [0.15, 0.2) is 0 Å². The van der Waals surface area contributed by atoms with E-state index in [1.54, 1.807) is 32.9 Å². The SMILES string of the molecule is CCOC(=O)C1C(C(=O)N2CCOC2=O)N(C(=O)OC(C)(C)C)C(=S)C12C(=O)N(C(C)=O)c1ccccc12. The number of nitrogens with zero attached hydrogens (tertiary/aromatic N) is 3. The van der Waals surface area contributed by atoms with E-state index in [1.165, 1.54) is 26.0 Å². The highest BCUT2D eigenvalue weighted by Gasteiger charge is 2.73. The fourth-order valence-corrected chi connectivity index (χ4v) is 5.62. The van der Waals surface area contributed by atoms with E-state index in [2.05, 4.69) is 0 Å². The standard InChI is InChI=1S/C25H27N3O9S/c1-6-35-19(31)16-17(18(30)26-11-12-36-22(26)33)28(23(34)37-24(3,4)5)21(38)25(16)14-9-7-8-10-15(14)27(13(2)29)20(25)32/h7-10,16-17H,6,11-12H2,1-5H3. The Balaban J connectivity index is 2.02. The molecule has 3 atom stereocenters. The maximum absolute atomic E-state index is 14.2.